The van der Waals surface area contributed by atoms with Gasteiger partial charge in [0.05, 0.1) is 0 Å². The number of hydrogen-bond acceptors (Lipinski definition) is 1. The van der Waals surface area contributed by atoms with E-state index in [9.17, 15) is 4.79 Å². The standard InChI is InChI=1S/C16H15BrO/c1-12(15(17)13-8-4-2-5-9-13)16(18)14-10-6-3-7-11-14/h2-12,15H,1H3/t12-,15-/m1/s1. The van der Waals surface area contributed by atoms with Crippen LogP contribution in [0.4, 0.5) is 0 Å². The molecule has 2 atom stereocenters. The van der Waals surface area contributed by atoms with Gasteiger partial charge in [0.25, 0.3) is 0 Å². The first-order valence-corrected chi connectivity index (χ1v) is 6.90. The van der Waals surface area contributed by atoms with Gasteiger partial charge >= 0.3 is 0 Å². The van der Waals surface area contributed by atoms with Crippen molar-refractivity contribution >= 4 is 21.7 Å². The molecule has 2 aromatic rings. The molecule has 0 N–H and O–H groups in total. The molecule has 0 aliphatic rings. The molecule has 0 bridgehead atoms. The third-order valence-electron chi connectivity index (χ3n) is 3.03. The fraction of sp³-hybridized carbons (Fsp3) is 0.188. The maximum absolute atomic E-state index is 12.3. The van der Waals surface area contributed by atoms with Crippen molar-refractivity contribution in [2.75, 3.05) is 0 Å². The van der Waals surface area contributed by atoms with E-state index in [4.69, 9.17) is 0 Å². The molecule has 0 radical (unpaired) electrons. The zero-order valence-electron chi connectivity index (χ0n) is 10.2. The first-order valence-electron chi connectivity index (χ1n) is 5.98. The molecule has 2 rings (SSSR count). The molecule has 0 aliphatic heterocycles. The normalized spacial score (nSPS) is 13.9. The van der Waals surface area contributed by atoms with Crippen LogP contribution in [0.2, 0.25) is 0 Å². The van der Waals surface area contributed by atoms with Crippen molar-refractivity contribution in [3.8, 4) is 0 Å². The lowest BCUT2D eigenvalue weighted by Crippen LogP contribution is -2.16. The Bertz CT molecular complexity index is 507. The molecule has 0 spiro atoms. The minimum Gasteiger partial charge on any atom is -0.294 e. The third-order valence-corrected chi connectivity index (χ3v) is 4.35. The lowest BCUT2D eigenvalue weighted by atomic mass is 9.93. The van der Waals surface area contributed by atoms with Crippen molar-refractivity contribution in [1.29, 1.82) is 0 Å². The zero-order valence-corrected chi connectivity index (χ0v) is 11.8. The van der Waals surface area contributed by atoms with Crippen molar-refractivity contribution in [1.82, 2.24) is 0 Å². The largest absolute Gasteiger partial charge is 0.294 e. The molecule has 0 aliphatic carbocycles. The number of carbonyl (C=O) groups is 1. The Labute approximate surface area is 116 Å². The summed E-state index contributed by atoms with van der Waals surface area (Å²) in [6.07, 6.45) is 0. The summed E-state index contributed by atoms with van der Waals surface area (Å²) in [6.45, 7) is 1.96. The van der Waals surface area contributed by atoms with E-state index in [1.54, 1.807) is 0 Å². The molecule has 0 saturated carbocycles. The van der Waals surface area contributed by atoms with Crippen LogP contribution in [-0.2, 0) is 0 Å². The van der Waals surface area contributed by atoms with E-state index in [2.05, 4.69) is 15.9 Å². The molecule has 18 heavy (non-hydrogen) atoms. The highest BCUT2D eigenvalue weighted by atomic mass is 79.9. The Hall–Kier alpha value is -1.41. The lowest BCUT2D eigenvalue weighted by molar-refractivity contribution is 0.0929. The third kappa shape index (κ3) is 2.88. The van der Waals surface area contributed by atoms with Crippen molar-refractivity contribution in [3.63, 3.8) is 0 Å². The van der Waals surface area contributed by atoms with E-state index in [0.717, 1.165) is 11.1 Å². The van der Waals surface area contributed by atoms with Crippen LogP contribution in [0.1, 0.15) is 27.7 Å². The summed E-state index contributed by atoms with van der Waals surface area (Å²) in [6, 6.07) is 19.5. The predicted octanol–water partition coefficient (Wildman–Crippen LogP) is 4.64. The van der Waals surface area contributed by atoms with Crippen LogP contribution >= 0.6 is 15.9 Å². The summed E-state index contributed by atoms with van der Waals surface area (Å²) in [4.78, 5) is 12.4. The van der Waals surface area contributed by atoms with Crippen molar-refractivity contribution in [3.05, 3.63) is 71.8 Å². The number of benzene rings is 2. The molecule has 92 valence electrons. The van der Waals surface area contributed by atoms with Gasteiger partial charge in [0.2, 0.25) is 0 Å². The summed E-state index contributed by atoms with van der Waals surface area (Å²) in [5, 5.41) is 0. The van der Waals surface area contributed by atoms with Gasteiger partial charge in [-0.05, 0) is 5.56 Å². The van der Waals surface area contributed by atoms with Crippen LogP contribution in [0.15, 0.2) is 60.7 Å². The summed E-state index contributed by atoms with van der Waals surface area (Å²) in [5.74, 6) is 0.0797. The molecule has 0 aromatic heterocycles. The highest BCUT2D eigenvalue weighted by molar-refractivity contribution is 9.09. The highest BCUT2D eigenvalue weighted by Crippen LogP contribution is 2.32. The molecule has 0 fully saturated rings. The van der Waals surface area contributed by atoms with E-state index in [1.165, 1.54) is 0 Å². The zero-order chi connectivity index (χ0) is 13.0. The number of ketones is 1. The summed E-state index contributed by atoms with van der Waals surface area (Å²) < 4.78 is 0. The number of carbonyl (C=O) groups excluding carboxylic acids is 1. The van der Waals surface area contributed by atoms with Crippen LogP contribution < -0.4 is 0 Å². The van der Waals surface area contributed by atoms with Gasteiger partial charge in [0, 0.05) is 16.3 Å². The van der Waals surface area contributed by atoms with E-state index in [-0.39, 0.29) is 16.5 Å². The van der Waals surface area contributed by atoms with Crippen LogP contribution in [0.25, 0.3) is 0 Å². The summed E-state index contributed by atoms with van der Waals surface area (Å²) in [7, 11) is 0. The second kappa shape index (κ2) is 5.96. The SMILES string of the molecule is C[C@@H](C(=O)c1ccccc1)[C@@H](Br)c1ccccc1. The smallest absolute Gasteiger partial charge is 0.167 e. The van der Waals surface area contributed by atoms with E-state index >= 15 is 0 Å². The molecular formula is C16H15BrO. The number of alkyl halides is 1. The molecule has 2 aromatic carbocycles. The molecule has 0 unspecified atom stereocenters. The van der Waals surface area contributed by atoms with E-state index < -0.39 is 0 Å². The Balaban J connectivity index is 2.17. The number of rotatable bonds is 4. The molecular weight excluding hydrogens is 288 g/mol. The van der Waals surface area contributed by atoms with Crippen LogP contribution in [-0.4, -0.2) is 5.78 Å². The first-order chi connectivity index (χ1) is 8.70. The Morgan fingerprint density at radius 2 is 1.44 bits per heavy atom. The molecule has 0 saturated heterocycles. The molecule has 1 nitrogen and oxygen atoms in total. The topological polar surface area (TPSA) is 17.1 Å². The second-order valence-electron chi connectivity index (χ2n) is 4.33. The highest BCUT2D eigenvalue weighted by Gasteiger charge is 2.23. The van der Waals surface area contributed by atoms with E-state index in [0.29, 0.717) is 0 Å². The van der Waals surface area contributed by atoms with Gasteiger partial charge in [0.15, 0.2) is 5.78 Å². The minimum absolute atomic E-state index is 0.0476. The average Bonchev–Trinajstić information content (AvgIpc) is 2.47. The minimum atomic E-state index is -0.0881. The van der Waals surface area contributed by atoms with Crippen LogP contribution in [0.3, 0.4) is 0 Å². The van der Waals surface area contributed by atoms with Gasteiger partial charge < -0.3 is 0 Å². The van der Waals surface area contributed by atoms with Gasteiger partial charge in [-0.1, -0.05) is 83.5 Å². The fourth-order valence-electron chi connectivity index (χ4n) is 1.92. The molecule has 0 amide bonds. The number of hydrogen-bond donors (Lipinski definition) is 0. The van der Waals surface area contributed by atoms with Gasteiger partial charge in [-0.25, -0.2) is 0 Å². The van der Waals surface area contributed by atoms with Crippen LogP contribution in [0, 0.1) is 5.92 Å². The van der Waals surface area contributed by atoms with Crippen molar-refractivity contribution in [2.24, 2.45) is 5.92 Å². The summed E-state index contributed by atoms with van der Waals surface area (Å²) in [5.41, 5.74) is 1.90. The summed E-state index contributed by atoms with van der Waals surface area (Å²) >= 11 is 3.63. The van der Waals surface area contributed by atoms with Crippen molar-refractivity contribution < 1.29 is 4.79 Å². The predicted molar refractivity (Wildman–Crippen MR) is 78.0 cm³/mol. The Morgan fingerprint density at radius 1 is 0.944 bits per heavy atom. The van der Waals surface area contributed by atoms with Gasteiger partial charge in [0.1, 0.15) is 0 Å². The maximum atomic E-state index is 12.3. The Kier molecular flexibility index (Phi) is 4.32. The lowest BCUT2D eigenvalue weighted by Gasteiger charge is -2.17. The molecule has 2 heteroatoms. The second-order valence-corrected chi connectivity index (χ2v) is 5.32. The van der Waals surface area contributed by atoms with Crippen molar-refractivity contribution in [2.45, 2.75) is 11.8 Å². The first kappa shape index (κ1) is 13.0. The van der Waals surface area contributed by atoms with E-state index in [1.807, 2.05) is 67.6 Å². The monoisotopic (exact) mass is 302 g/mol. The quantitative estimate of drug-likeness (QED) is 0.594. The fourth-order valence-corrected chi connectivity index (χ4v) is 2.47. The van der Waals surface area contributed by atoms with Crippen LogP contribution in [0.5, 0.6) is 0 Å². The van der Waals surface area contributed by atoms with Gasteiger partial charge in [-0.15, -0.1) is 0 Å². The average molecular weight is 303 g/mol. The molecule has 0 heterocycles. The number of Topliss-reactive ketones (excluding diaryl/α,β-unsaturated/α-hetero) is 1. The van der Waals surface area contributed by atoms with Gasteiger partial charge in [-0.2, -0.15) is 0 Å². The van der Waals surface area contributed by atoms with Gasteiger partial charge in [-0.3, -0.25) is 4.79 Å². The Morgan fingerprint density at radius 3 is 2.00 bits per heavy atom. The maximum Gasteiger partial charge on any atom is 0.167 e. The number of halogens is 1.